The van der Waals surface area contributed by atoms with Gasteiger partial charge in [-0.05, 0) is 68.8 Å². The number of hydrogen-bond donors (Lipinski definition) is 4. The van der Waals surface area contributed by atoms with Crippen LogP contribution in [0.1, 0.15) is 56.2 Å². The number of amides is 1. The third-order valence-corrected chi connectivity index (χ3v) is 10.0. The summed E-state index contributed by atoms with van der Waals surface area (Å²) in [5.74, 6) is 0.228. The molecule has 4 aliphatic rings. The number of hydrazine groups is 1. The fraction of sp³-hybridized carbons (Fsp3) is 0.562. The van der Waals surface area contributed by atoms with Crippen LogP contribution in [0.15, 0.2) is 30.3 Å². The molecule has 1 spiro atoms. The molecule has 1 saturated heterocycles. The summed E-state index contributed by atoms with van der Waals surface area (Å²) in [6.45, 7) is 4.75. The Morgan fingerprint density at radius 1 is 1.21 bits per heavy atom. The molecular formula is C32H41N3O7. The maximum absolute atomic E-state index is 13.7. The molecule has 0 aromatic heterocycles. The van der Waals surface area contributed by atoms with E-state index >= 15 is 0 Å². The van der Waals surface area contributed by atoms with Crippen LogP contribution in [0.5, 0.6) is 23.0 Å². The summed E-state index contributed by atoms with van der Waals surface area (Å²) in [5, 5.41) is 32.5. The molecule has 10 nitrogen and oxygen atoms in total. The van der Waals surface area contributed by atoms with Crippen molar-refractivity contribution < 1.29 is 34.4 Å². The van der Waals surface area contributed by atoms with Crippen molar-refractivity contribution >= 4 is 11.9 Å². The molecular weight excluding hydrogens is 538 g/mol. The van der Waals surface area contributed by atoms with Crippen molar-refractivity contribution in [2.24, 2.45) is 11.8 Å². The summed E-state index contributed by atoms with van der Waals surface area (Å²) in [6.07, 6.45) is 3.09. The Bertz CT molecular complexity index is 1380. The molecule has 2 aliphatic carbocycles. The van der Waals surface area contributed by atoms with Gasteiger partial charge in [0.1, 0.15) is 23.6 Å². The number of likely N-dealkylation sites (N-methyl/N-ethyl adjacent to an activating group) is 1. The van der Waals surface area contributed by atoms with Gasteiger partial charge in [0.2, 0.25) is 5.91 Å². The molecule has 2 fully saturated rings. The van der Waals surface area contributed by atoms with Gasteiger partial charge >= 0.3 is 5.97 Å². The van der Waals surface area contributed by atoms with Gasteiger partial charge < -0.3 is 29.7 Å². The fourth-order valence-corrected chi connectivity index (χ4v) is 8.21. The lowest BCUT2D eigenvalue weighted by molar-refractivity contribution is -0.157. The number of carbonyl (C=O) groups excluding carboxylic acids is 1. The zero-order chi connectivity index (χ0) is 29.9. The molecule has 2 heterocycles. The Morgan fingerprint density at radius 2 is 1.95 bits per heavy atom. The third-order valence-electron chi connectivity index (χ3n) is 10.0. The van der Waals surface area contributed by atoms with E-state index in [1.165, 1.54) is 17.1 Å². The predicted molar refractivity (Wildman–Crippen MR) is 155 cm³/mol. The number of methoxy groups -OCH3 is 1. The molecule has 42 heavy (non-hydrogen) atoms. The number of nitrogens with zero attached hydrogens (tertiary/aromatic N) is 2. The van der Waals surface area contributed by atoms with E-state index in [1.54, 1.807) is 25.3 Å². The average Bonchev–Trinajstić information content (AvgIpc) is 3.30. The number of benzene rings is 2. The molecule has 226 valence electrons. The molecule has 0 radical (unpaired) electrons. The largest absolute Gasteiger partial charge is 0.508 e. The highest BCUT2D eigenvalue weighted by Crippen LogP contribution is 2.65. The van der Waals surface area contributed by atoms with Crippen molar-refractivity contribution in [3.05, 3.63) is 47.0 Å². The Kier molecular flexibility index (Phi) is 7.25. The van der Waals surface area contributed by atoms with Gasteiger partial charge in [0.15, 0.2) is 11.5 Å². The highest BCUT2D eigenvalue weighted by molar-refractivity contribution is 5.83. The lowest BCUT2D eigenvalue weighted by Gasteiger charge is -2.59. The quantitative estimate of drug-likeness (QED) is 0.331. The summed E-state index contributed by atoms with van der Waals surface area (Å²) < 4.78 is 12.4. The Hall–Kier alpha value is -3.50. The van der Waals surface area contributed by atoms with E-state index in [-0.39, 0.29) is 47.6 Å². The van der Waals surface area contributed by atoms with E-state index in [9.17, 15) is 24.9 Å². The third kappa shape index (κ3) is 4.46. The minimum absolute atomic E-state index is 0.0335. The van der Waals surface area contributed by atoms with Crippen molar-refractivity contribution in [3.8, 4) is 23.0 Å². The van der Waals surface area contributed by atoms with Gasteiger partial charge in [-0.15, -0.1) is 0 Å². The zero-order valence-corrected chi connectivity index (χ0v) is 24.7. The zero-order valence-electron chi connectivity index (χ0n) is 24.7. The lowest BCUT2D eigenvalue weighted by atomic mass is 9.51. The number of rotatable bonds is 9. The standard InChI is InChI=1S/C32H41N3O7/c1-17(2)13-27(38)35(24(31(39)40)14-18-5-7-19(36)8-6-18)33-22-10-9-21-23-15-20-26(41-4)16-25(37)29-28(20)32(21,30(22)42-29)11-12-34(23)3/h5-8,16-17,21-24,30,33,36-37H,9-15H2,1-4H3,(H,39,40)/t21-,22-,23+,24-,30-,32-/m0/s1. The van der Waals surface area contributed by atoms with Crippen molar-refractivity contribution in [2.75, 3.05) is 20.7 Å². The van der Waals surface area contributed by atoms with Gasteiger partial charge in [0.25, 0.3) is 0 Å². The number of phenols is 2. The van der Waals surface area contributed by atoms with Crippen molar-refractivity contribution in [1.29, 1.82) is 0 Å². The molecule has 10 heteroatoms. The van der Waals surface area contributed by atoms with Crippen molar-refractivity contribution in [1.82, 2.24) is 15.3 Å². The van der Waals surface area contributed by atoms with Gasteiger partial charge in [-0.1, -0.05) is 26.0 Å². The highest BCUT2D eigenvalue weighted by atomic mass is 16.5. The number of carbonyl (C=O) groups is 2. The smallest absolute Gasteiger partial charge is 0.328 e. The molecule has 2 aromatic rings. The van der Waals surface area contributed by atoms with Crippen LogP contribution < -0.4 is 14.9 Å². The molecule has 2 aliphatic heterocycles. The normalized spacial score (nSPS) is 28.1. The summed E-state index contributed by atoms with van der Waals surface area (Å²) in [5.41, 5.74) is 5.82. The number of carboxylic acid groups (broad SMARTS) is 1. The van der Waals surface area contributed by atoms with E-state index < -0.39 is 18.1 Å². The Balaban J connectivity index is 1.39. The van der Waals surface area contributed by atoms with Gasteiger partial charge in [0.05, 0.1) is 13.2 Å². The lowest BCUT2D eigenvalue weighted by Crippen LogP contribution is -2.70. The second-order valence-electron chi connectivity index (χ2n) is 12.9. The van der Waals surface area contributed by atoms with Gasteiger partial charge in [-0.3, -0.25) is 9.80 Å². The fourth-order valence-electron chi connectivity index (χ4n) is 8.21. The molecule has 6 atom stereocenters. The average molecular weight is 580 g/mol. The predicted octanol–water partition coefficient (Wildman–Crippen LogP) is 3.22. The van der Waals surface area contributed by atoms with Crippen LogP contribution in [0.4, 0.5) is 0 Å². The summed E-state index contributed by atoms with van der Waals surface area (Å²) in [4.78, 5) is 28.8. The van der Waals surface area contributed by atoms with E-state index in [4.69, 9.17) is 9.47 Å². The molecule has 4 N–H and O–H groups in total. The maximum Gasteiger partial charge on any atom is 0.328 e. The van der Waals surface area contributed by atoms with Crippen LogP contribution in [0.3, 0.4) is 0 Å². The van der Waals surface area contributed by atoms with Gasteiger partial charge in [-0.25, -0.2) is 10.2 Å². The topological polar surface area (TPSA) is 132 Å². The van der Waals surface area contributed by atoms with E-state index in [0.29, 0.717) is 35.4 Å². The molecule has 1 saturated carbocycles. The minimum Gasteiger partial charge on any atom is -0.508 e. The number of aliphatic carboxylic acids is 1. The first-order valence-electron chi connectivity index (χ1n) is 14.9. The van der Waals surface area contributed by atoms with E-state index in [1.807, 2.05) is 13.8 Å². The summed E-state index contributed by atoms with van der Waals surface area (Å²) >= 11 is 0. The first-order chi connectivity index (χ1) is 20.0. The highest BCUT2D eigenvalue weighted by Gasteiger charge is 2.66. The summed E-state index contributed by atoms with van der Waals surface area (Å²) in [7, 11) is 3.79. The number of piperidine rings is 1. The van der Waals surface area contributed by atoms with Crippen molar-refractivity contribution in [2.45, 2.75) is 82.0 Å². The van der Waals surface area contributed by atoms with E-state index in [2.05, 4.69) is 17.4 Å². The first kappa shape index (κ1) is 28.6. The summed E-state index contributed by atoms with van der Waals surface area (Å²) in [6, 6.07) is 6.80. The number of likely N-dealkylation sites (tertiary alicyclic amines) is 1. The second kappa shape index (κ2) is 10.6. The molecule has 2 aromatic carbocycles. The molecule has 6 rings (SSSR count). The monoisotopic (exact) mass is 579 g/mol. The van der Waals surface area contributed by atoms with Crippen LogP contribution in [0, 0.1) is 11.8 Å². The molecule has 0 unspecified atom stereocenters. The van der Waals surface area contributed by atoms with Crippen LogP contribution in [-0.4, -0.2) is 82.0 Å². The maximum atomic E-state index is 13.7. The van der Waals surface area contributed by atoms with Crippen LogP contribution in [0.2, 0.25) is 0 Å². The van der Waals surface area contributed by atoms with Crippen LogP contribution in [-0.2, 0) is 27.8 Å². The second-order valence-corrected chi connectivity index (χ2v) is 12.9. The Morgan fingerprint density at radius 3 is 2.62 bits per heavy atom. The number of hydrogen-bond acceptors (Lipinski definition) is 8. The molecule has 1 amide bonds. The van der Waals surface area contributed by atoms with Gasteiger partial charge in [0, 0.05) is 41.5 Å². The van der Waals surface area contributed by atoms with Gasteiger partial charge in [-0.2, -0.15) is 0 Å². The molecule has 2 bridgehead atoms. The van der Waals surface area contributed by atoms with Crippen LogP contribution >= 0.6 is 0 Å². The number of carboxylic acids is 1. The van der Waals surface area contributed by atoms with E-state index in [0.717, 1.165) is 36.9 Å². The first-order valence-corrected chi connectivity index (χ1v) is 14.9. The Labute approximate surface area is 246 Å². The minimum atomic E-state index is -1.17. The van der Waals surface area contributed by atoms with Crippen LogP contribution in [0.25, 0.3) is 0 Å². The number of aromatic hydroxyl groups is 2. The SMILES string of the molecule is COc1cc(O)c2c3c1C[C@@H]1[C@@H]4CC[C@H](NN(C(=O)CC(C)C)[C@@H](Cc5ccc(O)cc5)C(=O)O)[C@H](O2)[C@]34CCN1C. The number of phenolic OH excluding ortho intramolecular Hbond substituents is 2. The number of ether oxygens (including phenoxy) is 2. The number of nitrogens with one attached hydrogen (secondary N) is 1. The van der Waals surface area contributed by atoms with Crippen molar-refractivity contribution in [3.63, 3.8) is 0 Å².